The molecule has 4 heteroatoms. The van der Waals surface area contributed by atoms with E-state index in [9.17, 15) is 14.7 Å². The van der Waals surface area contributed by atoms with E-state index in [2.05, 4.69) is 78.5 Å². The molecule has 35 heavy (non-hydrogen) atoms. The van der Waals surface area contributed by atoms with Crippen LogP contribution in [-0.4, -0.2) is 24.0 Å². The highest BCUT2D eigenvalue weighted by Crippen LogP contribution is 2.20. The summed E-state index contributed by atoms with van der Waals surface area (Å²) >= 11 is 0. The standard InChI is InChI=1S/C31H40O4/c1-3-4-5-6-7-8-9-10-11-12-13-14-15-16-17-18-19-20-21-22-28(32)25-27-23-24-30(33)29(26-27)31(34)35-2/h4-5,7-8,10-11,13-14,16-17,19-20,23-24,26,33H,3,6,9,12,15,18,21-22,25H2,1-2H3/b5-4-,8-7-,11-10-,14-13-,17-16-,20-19-. The monoisotopic (exact) mass is 476 g/mol. The minimum Gasteiger partial charge on any atom is -0.507 e. The van der Waals surface area contributed by atoms with E-state index in [1.165, 1.54) is 19.2 Å². The Morgan fingerprint density at radius 1 is 0.771 bits per heavy atom. The van der Waals surface area contributed by atoms with Gasteiger partial charge in [0.15, 0.2) is 0 Å². The zero-order chi connectivity index (χ0) is 25.6. The third kappa shape index (κ3) is 15.2. The Morgan fingerprint density at radius 3 is 1.74 bits per heavy atom. The van der Waals surface area contributed by atoms with Crippen LogP contribution in [0.4, 0.5) is 0 Å². The topological polar surface area (TPSA) is 63.6 Å². The summed E-state index contributed by atoms with van der Waals surface area (Å²) < 4.78 is 4.64. The first kappa shape index (κ1) is 29.6. The molecule has 0 aliphatic carbocycles. The van der Waals surface area contributed by atoms with Gasteiger partial charge in [0.2, 0.25) is 0 Å². The first-order valence-corrected chi connectivity index (χ1v) is 12.4. The second-order valence-electron chi connectivity index (χ2n) is 8.01. The van der Waals surface area contributed by atoms with Crippen molar-refractivity contribution in [3.8, 4) is 5.75 Å². The van der Waals surface area contributed by atoms with Crippen LogP contribution in [0.1, 0.15) is 74.2 Å². The van der Waals surface area contributed by atoms with Gasteiger partial charge in [0.05, 0.1) is 7.11 Å². The lowest BCUT2D eigenvalue weighted by Crippen LogP contribution is -2.06. The SMILES string of the molecule is CC/C=C\C/C=C\C/C=C\C/C=C\C/C=C\C/C=C\CCC(=O)Cc1ccc(O)c(C(=O)OC)c1. The smallest absolute Gasteiger partial charge is 0.341 e. The first-order chi connectivity index (χ1) is 17.1. The zero-order valence-electron chi connectivity index (χ0n) is 21.2. The summed E-state index contributed by atoms with van der Waals surface area (Å²) in [5, 5.41) is 9.74. The van der Waals surface area contributed by atoms with Crippen molar-refractivity contribution < 1.29 is 19.4 Å². The number of methoxy groups -OCH3 is 1. The predicted octanol–water partition coefficient (Wildman–Crippen LogP) is 7.77. The van der Waals surface area contributed by atoms with E-state index in [1.807, 2.05) is 6.08 Å². The number of allylic oxidation sites excluding steroid dienone is 12. The second kappa shape index (κ2) is 20.0. The average Bonchev–Trinajstić information content (AvgIpc) is 2.86. The molecular formula is C31H40O4. The predicted molar refractivity (Wildman–Crippen MR) is 146 cm³/mol. The lowest BCUT2D eigenvalue weighted by molar-refractivity contribution is -0.118. The lowest BCUT2D eigenvalue weighted by Gasteiger charge is -2.06. The van der Waals surface area contributed by atoms with E-state index >= 15 is 0 Å². The van der Waals surface area contributed by atoms with Crippen LogP contribution in [0.15, 0.2) is 91.1 Å². The quantitative estimate of drug-likeness (QED) is 0.184. The zero-order valence-corrected chi connectivity index (χ0v) is 21.2. The number of hydrogen-bond donors (Lipinski definition) is 1. The number of esters is 1. The number of ether oxygens (including phenoxy) is 1. The van der Waals surface area contributed by atoms with Gasteiger partial charge in [-0.05, 0) is 62.6 Å². The number of benzene rings is 1. The first-order valence-electron chi connectivity index (χ1n) is 12.4. The van der Waals surface area contributed by atoms with Gasteiger partial charge in [-0.2, -0.15) is 0 Å². The van der Waals surface area contributed by atoms with Gasteiger partial charge in [-0.25, -0.2) is 4.79 Å². The van der Waals surface area contributed by atoms with Crippen LogP contribution < -0.4 is 0 Å². The van der Waals surface area contributed by atoms with Gasteiger partial charge in [-0.1, -0.05) is 85.9 Å². The summed E-state index contributed by atoms with van der Waals surface area (Å²) in [5.74, 6) is -0.674. The third-order valence-electron chi connectivity index (χ3n) is 5.05. The molecule has 0 aliphatic heterocycles. The summed E-state index contributed by atoms with van der Waals surface area (Å²) in [6, 6.07) is 4.58. The van der Waals surface area contributed by atoms with E-state index in [-0.39, 0.29) is 23.5 Å². The summed E-state index contributed by atoms with van der Waals surface area (Å²) in [6.07, 6.45) is 33.1. The maximum absolute atomic E-state index is 12.2. The van der Waals surface area contributed by atoms with E-state index < -0.39 is 5.97 Å². The lowest BCUT2D eigenvalue weighted by atomic mass is 10.0. The summed E-state index contributed by atoms with van der Waals surface area (Å²) in [6.45, 7) is 2.14. The molecule has 1 rings (SSSR count). The van der Waals surface area contributed by atoms with Crippen LogP contribution in [0.2, 0.25) is 0 Å². The molecular weight excluding hydrogens is 436 g/mol. The summed E-state index contributed by atoms with van der Waals surface area (Å²) in [5.41, 5.74) is 0.769. The fraction of sp³-hybridized carbons (Fsp3) is 0.355. The van der Waals surface area contributed by atoms with Crippen LogP contribution >= 0.6 is 0 Å². The molecule has 0 heterocycles. The molecule has 0 aliphatic rings. The van der Waals surface area contributed by atoms with Gasteiger partial charge in [0.1, 0.15) is 17.1 Å². The molecule has 0 aromatic heterocycles. The third-order valence-corrected chi connectivity index (χ3v) is 5.05. The Labute approximate surface area is 211 Å². The Morgan fingerprint density at radius 2 is 1.26 bits per heavy atom. The van der Waals surface area contributed by atoms with Crippen LogP contribution in [0.25, 0.3) is 0 Å². The summed E-state index contributed by atoms with van der Waals surface area (Å²) in [4.78, 5) is 23.8. The molecule has 1 N–H and O–H groups in total. The largest absolute Gasteiger partial charge is 0.507 e. The van der Waals surface area contributed by atoms with Gasteiger partial charge < -0.3 is 9.84 Å². The molecule has 0 atom stereocenters. The van der Waals surface area contributed by atoms with Gasteiger partial charge in [0, 0.05) is 12.8 Å². The second-order valence-corrected chi connectivity index (χ2v) is 8.01. The molecule has 0 radical (unpaired) electrons. The van der Waals surface area contributed by atoms with Crippen LogP contribution in [0, 0.1) is 0 Å². The number of ketones is 1. The van der Waals surface area contributed by atoms with Gasteiger partial charge in [0.25, 0.3) is 0 Å². The molecule has 0 saturated carbocycles. The molecule has 0 bridgehead atoms. The van der Waals surface area contributed by atoms with E-state index in [1.54, 1.807) is 6.07 Å². The molecule has 188 valence electrons. The van der Waals surface area contributed by atoms with Crippen molar-refractivity contribution in [2.45, 2.75) is 64.7 Å². The highest BCUT2D eigenvalue weighted by Gasteiger charge is 2.13. The number of aromatic hydroxyl groups is 1. The highest BCUT2D eigenvalue weighted by atomic mass is 16.5. The number of rotatable bonds is 17. The normalized spacial score (nSPS) is 12.4. The minimum absolute atomic E-state index is 0.0785. The van der Waals surface area contributed by atoms with Crippen molar-refractivity contribution in [2.75, 3.05) is 7.11 Å². The van der Waals surface area contributed by atoms with Crippen molar-refractivity contribution in [2.24, 2.45) is 0 Å². The van der Waals surface area contributed by atoms with E-state index in [0.717, 1.165) is 38.5 Å². The number of phenols is 1. The highest BCUT2D eigenvalue weighted by molar-refractivity contribution is 5.93. The fourth-order valence-electron chi connectivity index (χ4n) is 3.17. The van der Waals surface area contributed by atoms with Crippen molar-refractivity contribution >= 4 is 11.8 Å². The molecule has 0 fully saturated rings. The Kier molecular flexibility index (Phi) is 16.9. The molecule has 0 saturated heterocycles. The van der Waals surface area contributed by atoms with Crippen LogP contribution in [0.5, 0.6) is 5.75 Å². The maximum atomic E-state index is 12.2. The van der Waals surface area contributed by atoms with Crippen molar-refractivity contribution in [3.63, 3.8) is 0 Å². The van der Waals surface area contributed by atoms with Gasteiger partial charge >= 0.3 is 5.97 Å². The van der Waals surface area contributed by atoms with Crippen molar-refractivity contribution in [3.05, 3.63) is 102 Å². The Hall–Kier alpha value is -3.40. The Bertz CT molecular complexity index is 929. The van der Waals surface area contributed by atoms with Crippen molar-refractivity contribution in [1.29, 1.82) is 0 Å². The fourth-order valence-corrected chi connectivity index (χ4v) is 3.17. The molecule has 0 unspecified atom stereocenters. The number of carbonyl (C=O) groups excluding carboxylic acids is 2. The van der Waals surface area contributed by atoms with Crippen LogP contribution in [-0.2, 0) is 16.0 Å². The van der Waals surface area contributed by atoms with Crippen molar-refractivity contribution in [1.82, 2.24) is 0 Å². The van der Waals surface area contributed by atoms with Gasteiger partial charge in [-0.3, -0.25) is 4.79 Å². The minimum atomic E-state index is -0.616. The molecule has 4 nitrogen and oxygen atoms in total. The molecule has 1 aromatic rings. The average molecular weight is 477 g/mol. The Balaban J connectivity index is 2.14. The number of hydrogen-bond acceptors (Lipinski definition) is 4. The number of phenolic OH excluding ortho intramolecular Hbond substituents is 1. The molecule has 1 aromatic carbocycles. The summed E-state index contributed by atoms with van der Waals surface area (Å²) in [7, 11) is 1.26. The number of Topliss-reactive ketones (excluding diaryl/α,β-unsaturated/α-hetero) is 1. The van der Waals surface area contributed by atoms with Gasteiger partial charge in [-0.15, -0.1) is 0 Å². The van der Waals surface area contributed by atoms with Crippen LogP contribution in [0.3, 0.4) is 0 Å². The van der Waals surface area contributed by atoms with E-state index in [0.29, 0.717) is 18.4 Å². The molecule has 0 spiro atoms. The van der Waals surface area contributed by atoms with E-state index in [4.69, 9.17) is 0 Å². The maximum Gasteiger partial charge on any atom is 0.341 e. The molecule has 0 amide bonds. The number of carbonyl (C=O) groups is 2.